The summed E-state index contributed by atoms with van der Waals surface area (Å²) < 4.78 is 1.50. The summed E-state index contributed by atoms with van der Waals surface area (Å²) in [7, 11) is 1.62. The van der Waals surface area contributed by atoms with Gasteiger partial charge in [0.15, 0.2) is 0 Å². The molecule has 0 bridgehead atoms. The molecule has 5 heteroatoms. The van der Waals surface area contributed by atoms with E-state index >= 15 is 0 Å². The summed E-state index contributed by atoms with van der Waals surface area (Å²) >= 11 is 0. The van der Waals surface area contributed by atoms with Crippen LogP contribution in [-0.2, 0) is 7.05 Å². The highest BCUT2D eigenvalue weighted by Gasteiger charge is 2.13. The summed E-state index contributed by atoms with van der Waals surface area (Å²) in [6.07, 6.45) is 1.24. The van der Waals surface area contributed by atoms with Crippen LogP contribution in [0, 0.1) is 0 Å². The van der Waals surface area contributed by atoms with Gasteiger partial charge in [-0.05, 0) is 12.1 Å². The number of hydrogen-bond acceptors (Lipinski definition) is 3. The second kappa shape index (κ2) is 3.37. The van der Waals surface area contributed by atoms with Gasteiger partial charge in [-0.1, -0.05) is 0 Å². The molecule has 1 aromatic carbocycles. The Bertz CT molecular complexity index is 642. The van der Waals surface area contributed by atoms with Crippen molar-refractivity contribution in [3.05, 3.63) is 40.2 Å². The Kier molecular flexibility index (Phi) is 2.16. The molecule has 16 heavy (non-hydrogen) atoms. The van der Waals surface area contributed by atoms with E-state index in [2.05, 4.69) is 0 Å². The van der Waals surface area contributed by atoms with Crippen molar-refractivity contribution in [2.75, 3.05) is 0 Å². The summed E-state index contributed by atoms with van der Waals surface area (Å²) in [5.74, 6) is -1.22. The van der Waals surface area contributed by atoms with Gasteiger partial charge in [0.25, 0.3) is 0 Å². The van der Waals surface area contributed by atoms with Gasteiger partial charge in [-0.3, -0.25) is 4.79 Å². The van der Waals surface area contributed by atoms with Crippen LogP contribution in [0.1, 0.15) is 10.4 Å². The lowest BCUT2D eigenvalue weighted by molar-refractivity contribution is 0.0695. The first-order chi connectivity index (χ1) is 7.50. The Morgan fingerprint density at radius 3 is 2.69 bits per heavy atom. The molecule has 82 valence electrons. The number of aromatic nitrogens is 1. The molecule has 0 spiro atoms. The number of phenolic OH excluding ortho intramolecular Hbond substituents is 1. The zero-order valence-corrected chi connectivity index (χ0v) is 8.47. The van der Waals surface area contributed by atoms with Crippen LogP contribution in [0.5, 0.6) is 5.75 Å². The molecular formula is C11H9NO4. The van der Waals surface area contributed by atoms with E-state index in [4.69, 9.17) is 5.11 Å². The number of aromatic carboxylic acids is 1. The molecule has 0 radical (unpaired) electrons. The Morgan fingerprint density at radius 2 is 2.06 bits per heavy atom. The summed E-state index contributed by atoms with van der Waals surface area (Å²) in [6.45, 7) is 0. The van der Waals surface area contributed by atoms with Gasteiger partial charge in [0.1, 0.15) is 11.3 Å². The smallest absolute Gasteiger partial charge is 0.341 e. The molecule has 0 aliphatic carbocycles. The van der Waals surface area contributed by atoms with Crippen LogP contribution in [0.3, 0.4) is 0 Å². The number of aryl methyl sites for hydroxylation is 1. The molecule has 2 rings (SSSR count). The minimum Gasteiger partial charge on any atom is -0.508 e. The lowest BCUT2D eigenvalue weighted by Gasteiger charge is -2.06. The van der Waals surface area contributed by atoms with Gasteiger partial charge in [-0.2, -0.15) is 0 Å². The fourth-order valence-electron chi connectivity index (χ4n) is 1.62. The van der Waals surface area contributed by atoms with Crippen molar-refractivity contribution in [1.82, 2.24) is 4.57 Å². The van der Waals surface area contributed by atoms with Crippen molar-refractivity contribution in [2.24, 2.45) is 7.05 Å². The lowest BCUT2D eigenvalue weighted by atomic mass is 10.1. The standard InChI is InChI=1S/C11H9NO4/c1-12-5-8(11(15)16)10(14)7-3-2-6(13)4-9(7)12/h2-5,13H,1H3,(H,15,16). The maximum atomic E-state index is 11.8. The van der Waals surface area contributed by atoms with Crippen molar-refractivity contribution in [1.29, 1.82) is 0 Å². The fourth-order valence-corrected chi connectivity index (χ4v) is 1.62. The van der Waals surface area contributed by atoms with Crippen LogP contribution in [0.4, 0.5) is 0 Å². The largest absolute Gasteiger partial charge is 0.508 e. The van der Waals surface area contributed by atoms with Gasteiger partial charge in [-0.25, -0.2) is 4.79 Å². The number of carbonyl (C=O) groups is 1. The van der Waals surface area contributed by atoms with Crippen LogP contribution in [0.15, 0.2) is 29.2 Å². The number of carboxylic acid groups (broad SMARTS) is 1. The number of nitrogens with zero attached hydrogens (tertiary/aromatic N) is 1. The predicted molar refractivity (Wildman–Crippen MR) is 57.8 cm³/mol. The average molecular weight is 219 g/mol. The highest BCUT2D eigenvalue weighted by Crippen LogP contribution is 2.17. The number of phenols is 1. The van der Waals surface area contributed by atoms with Gasteiger partial charge in [0, 0.05) is 24.7 Å². The van der Waals surface area contributed by atoms with E-state index in [0.717, 1.165) is 0 Å². The Morgan fingerprint density at radius 1 is 1.38 bits per heavy atom. The van der Waals surface area contributed by atoms with E-state index in [0.29, 0.717) is 5.52 Å². The van der Waals surface area contributed by atoms with Gasteiger partial charge >= 0.3 is 5.97 Å². The maximum Gasteiger partial charge on any atom is 0.341 e. The molecule has 0 unspecified atom stereocenters. The van der Waals surface area contributed by atoms with Gasteiger partial charge in [0.2, 0.25) is 5.43 Å². The van der Waals surface area contributed by atoms with Crippen LogP contribution in [-0.4, -0.2) is 20.7 Å². The predicted octanol–water partition coefficient (Wildman–Crippen LogP) is 0.942. The molecule has 0 fully saturated rings. The number of carboxylic acids is 1. The zero-order valence-electron chi connectivity index (χ0n) is 8.47. The Balaban J connectivity index is 2.96. The molecule has 0 saturated heterocycles. The number of pyridine rings is 1. The summed E-state index contributed by atoms with van der Waals surface area (Å²) in [4.78, 5) is 22.6. The number of fused-ring (bicyclic) bond motifs is 1. The molecular weight excluding hydrogens is 210 g/mol. The third kappa shape index (κ3) is 1.42. The van der Waals surface area contributed by atoms with E-state index < -0.39 is 11.4 Å². The fraction of sp³-hybridized carbons (Fsp3) is 0.0909. The second-order valence-electron chi connectivity index (χ2n) is 3.49. The highest BCUT2D eigenvalue weighted by molar-refractivity contribution is 5.92. The summed E-state index contributed by atoms with van der Waals surface area (Å²) in [5.41, 5.74) is -0.323. The first-order valence-corrected chi connectivity index (χ1v) is 4.56. The van der Waals surface area contributed by atoms with Crippen LogP contribution >= 0.6 is 0 Å². The molecule has 2 aromatic rings. The minimum atomic E-state index is -1.25. The van der Waals surface area contributed by atoms with Gasteiger partial charge < -0.3 is 14.8 Å². The van der Waals surface area contributed by atoms with Crippen LogP contribution in [0.2, 0.25) is 0 Å². The topological polar surface area (TPSA) is 79.5 Å². The van der Waals surface area contributed by atoms with Crippen molar-refractivity contribution in [3.63, 3.8) is 0 Å². The normalized spacial score (nSPS) is 10.6. The summed E-state index contributed by atoms with van der Waals surface area (Å²) in [6, 6.07) is 4.19. The van der Waals surface area contributed by atoms with Crippen molar-refractivity contribution < 1.29 is 15.0 Å². The van der Waals surface area contributed by atoms with Crippen LogP contribution < -0.4 is 5.43 Å². The molecule has 0 aliphatic rings. The first kappa shape index (κ1) is 10.2. The van der Waals surface area contributed by atoms with E-state index in [-0.39, 0.29) is 16.7 Å². The van der Waals surface area contributed by atoms with Crippen molar-refractivity contribution in [3.8, 4) is 5.75 Å². The monoisotopic (exact) mass is 219 g/mol. The molecule has 2 N–H and O–H groups in total. The second-order valence-corrected chi connectivity index (χ2v) is 3.49. The number of hydrogen-bond donors (Lipinski definition) is 2. The SMILES string of the molecule is Cn1cc(C(=O)O)c(=O)c2ccc(O)cc21. The molecule has 0 amide bonds. The van der Waals surface area contributed by atoms with Crippen molar-refractivity contribution >= 4 is 16.9 Å². The third-order valence-electron chi connectivity index (χ3n) is 2.40. The molecule has 0 saturated carbocycles. The quantitative estimate of drug-likeness (QED) is 0.748. The Labute approximate surface area is 90.2 Å². The summed E-state index contributed by atoms with van der Waals surface area (Å²) in [5, 5.41) is 18.4. The Hall–Kier alpha value is -2.30. The third-order valence-corrected chi connectivity index (χ3v) is 2.40. The molecule has 0 atom stereocenters. The molecule has 1 aromatic heterocycles. The molecule has 0 aliphatic heterocycles. The van der Waals surface area contributed by atoms with E-state index in [1.165, 1.54) is 29.0 Å². The van der Waals surface area contributed by atoms with Gasteiger partial charge in [0.05, 0.1) is 5.52 Å². The average Bonchev–Trinajstić information content (AvgIpc) is 2.22. The lowest BCUT2D eigenvalue weighted by Crippen LogP contribution is -2.17. The van der Waals surface area contributed by atoms with E-state index in [1.807, 2.05) is 0 Å². The van der Waals surface area contributed by atoms with E-state index in [1.54, 1.807) is 7.05 Å². The maximum absolute atomic E-state index is 11.8. The number of rotatable bonds is 1. The zero-order chi connectivity index (χ0) is 11.9. The minimum absolute atomic E-state index is 0.0329. The highest BCUT2D eigenvalue weighted by atomic mass is 16.4. The van der Waals surface area contributed by atoms with Gasteiger partial charge in [-0.15, -0.1) is 0 Å². The van der Waals surface area contributed by atoms with Crippen molar-refractivity contribution in [2.45, 2.75) is 0 Å². The number of benzene rings is 1. The molecule has 1 heterocycles. The first-order valence-electron chi connectivity index (χ1n) is 4.56. The molecule has 5 nitrogen and oxygen atoms in total. The van der Waals surface area contributed by atoms with Crippen LogP contribution in [0.25, 0.3) is 10.9 Å². The van der Waals surface area contributed by atoms with E-state index in [9.17, 15) is 14.7 Å². The number of aromatic hydroxyl groups is 1.